The molecule has 5 heteroatoms. The van der Waals surface area contributed by atoms with Crippen molar-refractivity contribution < 1.29 is 9.53 Å². The first kappa shape index (κ1) is 7.68. The quantitative estimate of drug-likeness (QED) is 0.680. The fourth-order valence-corrected chi connectivity index (χ4v) is 1.29. The average molecular weight is 222 g/mol. The van der Waals surface area contributed by atoms with Crippen LogP contribution in [-0.4, -0.2) is 11.0 Å². The Morgan fingerprint density at radius 3 is 3.00 bits per heavy atom. The fourth-order valence-electron chi connectivity index (χ4n) is 0.424. The summed E-state index contributed by atoms with van der Waals surface area (Å²) in [6, 6.07) is 0. The topological polar surface area (TPSA) is 39.2 Å². The number of halogens is 1. The van der Waals surface area contributed by atoms with Gasteiger partial charge in [-0.15, -0.1) is 11.3 Å². The molecule has 1 heterocycles. The molecular weight excluding hydrogens is 218 g/mol. The van der Waals surface area contributed by atoms with Crippen molar-refractivity contribution in [1.29, 1.82) is 0 Å². The molecule has 0 radical (unpaired) electrons. The Labute approximate surface area is 70.2 Å². The molecule has 0 aliphatic heterocycles. The van der Waals surface area contributed by atoms with Crippen LogP contribution in [0.25, 0.3) is 0 Å². The molecule has 0 unspecified atom stereocenters. The third-order valence-corrected chi connectivity index (χ3v) is 2.23. The van der Waals surface area contributed by atoms with Gasteiger partial charge in [-0.3, -0.25) is 4.79 Å². The van der Waals surface area contributed by atoms with E-state index in [-0.39, 0.29) is 5.97 Å². The van der Waals surface area contributed by atoms with Gasteiger partial charge < -0.3 is 4.74 Å². The van der Waals surface area contributed by atoms with Gasteiger partial charge in [0.15, 0.2) is 0 Å². The zero-order valence-corrected chi connectivity index (χ0v) is 7.53. The number of carbonyl (C=O) groups is 1. The number of esters is 1. The summed E-state index contributed by atoms with van der Waals surface area (Å²) >= 11 is 4.55. The molecule has 3 nitrogen and oxygen atoms in total. The summed E-state index contributed by atoms with van der Waals surface area (Å²) in [4.78, 5) is 14.2. The van der Waals surface area contributed by atoms with Gasteiger partial charge >= 0.3 is 5.97 Å². The molecule has 0 bridgehead atoms. The smallest absolute Gasteiger partial charge is 0.309 e. The van der Waals surface area contributed by atoms with Crippen LogP contribution >= 0.6 is 27.3 Å². The predicted octanol–water partition coefficient (Wildman–Crippen LogP) is 1.83. The van der Waals surface area contributed by atoms with Crippen molar-refractivity contribution in [1.82, 2.24) is 4.98 Å². The molecule has 0 spiro atoms. The summed E-state index contributed by atoms with van der Waals surface area (Å²) in [5.74, 6) is -0.0101. The van der Waals surface area contributed by atoms with E-state index < -0.39 is 0 Å². The van der Waals surface area contributed by atoms with Crippen LogP contribution in [0.4, 0.5) is 0 Å². The second kappa shape index (κ2) is 3.12. The van der Waals surface area contributed by atoms with Gasteiger partial charge in [0.05, 0.1) is 5.51 Å². The maximum Gasteiger partial charge on any atom is 0.309 e. The summed E-state index contributed by atoms with van der Waals surface area (Å²) in [7, 11) is 0. The number of thiazole rings is 1. The van der Waals surface area contributed by atoms with Crippen molar-refractivity contribution in [3.8, 4) is 5.88 Å². The van der Waals surface area contributed by atoms with Crippen LogP contribution in [0.15, 0.2) is 9.30 Å². The SMILES string of the molecule is CC(=O)Oc1ncsc1Br. The van der Waals surface area contributed by atoms with E-state index in [1.165, 1.54) is 18.3 Å². The fraction of sp³-hybridized carbons (Fsp3) is 0.200. The lowest BCUT2D eigenvalue weighted by Crippen LogP contribution is -2.01. The third kappa shape index (κ3) is 1.78. The largest absolute Gasteiger partial charge is 0.405 e. The van der Waals surface area contributed by atoms with E-state index in [1.807, 2.05) is 0 Å². The summed E-state index contributed by atoms with van der Waals surface area (Å²) in [5, 5.41) is 0. The monoisotopic (exact) mass is 221 g/mol. The highest BCUT2D eigenvalue weighted by Crippen LogP contribution is 2.27. The van der Waals surface area contributed by atoms with Gasteiger partial charge in [-0.1, -0.05) is 0 Å². The first-order chi connectivity index (χ1) is 4.70. The number of carbonyl (C=O) groups excluding carboxylic acids is 1. The summed E-state index contributed by atoms with van der Waals surface area (Å²) in [5.41, 5.74) is 1.60. The second-order valence-corrected chi connectivity index (χ2v) is 3.70. The maximum absolute atomic E-state index is 10.4. The minimum atomic E-state index is -0.355. The molecule has 0 aliphatic carbocycles. The Morgan fingerprint density at radius 2 is 2.60 bits per heavy atom. The Bertz CT molecular complexity index is 248. The first-order valence-electron chi connectivity index (χ1n) is 2.47. The first-order valence-corrected chi connectivity index (χ1v) is 4.15. The lowest BCUT2D eigenvalue weighted by Gasteiger charge is -1.93. The van der Waals surface area contributed by atoms with Gasteiger partial charge in [0.2, 0.25) is 5.88 Å². The minimum Gasteiger partial charge on any atom is -0.405 e. The van der Waals surface area contributed by atoms with Gasteiger partial charge in [0.25, 0.3) is 0 Å². The zero-order chi connectivity index (χ0) is 7.56. The Kier molecular flexibility index (Phi) is 2.39. The van der Waals surface area contributed by atoms with E-state index in [2.05, 4.69) is 20.9 Å². The van der Waals surface area contributed by atoms with Crippen LogP contribution in [-0.2, 0) is 4.79 Å². The van der Waals surface area contributed by atoms with Gasteiger partial charge in [-0.2, -0.15) is 0 Å². The molecule has 0 N–H and O–H groups in total. The lowest BCUT2D eigenvalue weighted by molar-refractivity contribution is -0.132. The van der Waals surface area contributed by atoms with E-state index in [9.17, 15) is 4.79 Å². The van der Waals surface area contributed by atoms with Gasteiger partial charge in [0.1, 0.15) is 3.79 Å². The van der Waals surface area contributed by atoms with Crippen molar-refractivity contribution in [2.45, 2.75) is 6.92 Å². The molecule has 0 saturated carbocycles. The van der Waals surface area contributed by atoms with E-state index in [0.717, 1.165) is 3.79 Å². The van der Waals surface area contributed by atoms with Crippen LogP contribution in [0, 0.1) is 0 Å². The molecule has 1 rings (SSSR count). The van der Waals surface area contributed by atoms with E-state index in [4.69, 9.17) is 4.74 Å². The number of rotatable bonds is 1. The van der Waals surface area contributed by atoms with Crippen LogP contribution in [0.1, 0.15) is 6.92 Å². The molecule has 0 saturated heterocycles. The van der Waals surface area contributed by atoms with Crippen molar-refractivity contribution >= 4 is 33.2 Å². The molecule has 0 fully saturated rings. The summed E-state index contributed by atoms with van der Waals surface area (Å²) in [6.07, 6.45) is 0. The number of hydrogen-bond acceptors (Lipinski definition) is 4. The van der Waals surface area contributed by atoms with Crippen LogP contribution in [0.5, 0.6) is 5.88 Å². The highest BCUT2D eigenvalue weighted by atomic mass is 79.9. The van der Waals surface area contributed by atoms with E-state index in [0.29, 0.717) is 5.88 Å². The Balaban J connectivity index is 2.74. The molecule has 0 aromatic carbocycles. The van der Waals surface area contributed by atoms with E-state index in [1.54, 1.807) is 5.51 Å². The van der Waals surface area contributed by atoms with Gasteiger partial charge in [-0.25, -0.2) is 4.98 Å². The van der Waals surface area contributed by atoms with Crippen LogP contribution in [0.3, 0.4) is 0 Å². The molecule has 54 valence electrons. The van der Waals surface area contributed by atoms with Crippen molar-refractivity contribution in [3.05, 3.63) is 9.30 Å². The number of hydrogen-bond donors (Lipinski definition) is 0. The normalized spacial score (nSPS) is 9.40. The highest BCUT2D eigenvalue weighted by Gasteiger charge is 2.05. The average Bonchev–Trinajstić information content (AvgIpc) is 2.15. The lowest BCUT2D eigenvalue weighted by atomic mass is 10.8. The third-order valence-electron chi connectivity index (χ3n) is 0.735. The Hall–Kier alpha value is -0.420. The minimum absolute atomic E-state index is 0.345. The van der Waals surface area contributed by atoms with E-state index >= 15 is 0 Å². The molecule has 0 amide bonds. The second-order valence-electron chi connectivity index (χ2n) is 1.52. The molecule has 1 aromatic rings. The molecule has 0 atom stereocenters. The maximum atomic E-state index is 10.4. The van der Waals surface area contributed by atoms with Crippen molar-refractivity contribution in [2.24, 2.45) is 0 Å². The Morgan fingerprint density at radius 1 is 1.90 bits per heavy atom. The molecule has 10 heavy (non-hydrogen) atoms. The van der Waals surface area contributed by atoms with Crippen LogP contribution < -0.4 is 4.74 Å². The van der Waals surface area contributed by atoms with Crippen molar-refractivity contribution in [3.63, 3.8) is 0 Å². The molecule has 1 aromatic heterocycles. The number of nitrogens with zero attached hydrogens (tertiary/aromatic N) is 1. The standard InChI is InChI=1S/C5H4BrNO2S/c1-3(8)9-5-4(6)10-2-7-5/h2H,1H3. The molecule has 0 aliphatic rings. The summed E-state index contributed by atoms with van der Waals surface area (Å²) in [6.45, 7) is 1.34. The molecular formula is C5H4BrNO2S. The van der Waals surface area contributed by atoms with Crippen LogP contribution in [0.2, 0.25) is 0 Å². The summed E-state index contributed by atoms with van der Waals surface area (Å²) < 4.78 is 5.44. The van der Waals surface area contributed by atoms with Gasteiger partial charge in [0, 0.05) is 6.92 Å². The van der Waals surface area contributed by atoms with Gasteiger partial charge in [-0.05, 0) is 15.9 Å². The van der Waals surface area contributed by atoms with Crippen molar-refractivity contribution in [2.75, 3.05) is 0 Å². The number of ether oxygens (including phenoxy) is 1. The number of aromatic nitrogens is 1. The predicted molar refractivity (Wildman–Crippen MR) is 41.1 cm³/mol. The highest BCUT2D eigenvalue weighted by molar-refractivity contribution is 9.11. The zero-order valence-electron chi connectivity index (χ0n) is 5.13.